The van der Waals surface area contributed by atoms with Crippen LogP contribution < -0.4 is 5.32 Å². The molecule has 1 aliphatic rings. The Kier molecular flexibility index (Phi) is 2.81. The van der Waals surface area contributed by atoms with Crippen LogP contribution in [0.1, 0.15) is 35.8 Å². The third-order valence-electron chi connectivity index (χ3n) is 3.19. The lowest BCUT2D eigenvalue weighted by molar-refractivity contribution is 0.600. The van der Waals surface area contributed by atoms with E-state index in [0.717, 1.165) is 11.0 Å². The highest BCUT2D eigenvalue weighted by Crippen LogP contribution is 2.32. The number of fused-ring (bicyclic) bond motifs is 1. The van der Waals surface area contributed by atoms with Gasteiger partial charge >= 0.3 is 0 Å². The second kappa shape index (κ2) is 4.45. The van der Waals surface area contributed by atoms with Crippen molar-refractivity contribution in [3.8, 4) is 0 Å². The van der Waals surface area contributed by atoms with Crippen molar-refractivity contribution < 1.29 is 0 Å². The number of rotatable bonds is 2. The number of nitrogens with one attached hydrogen (secondary N) is 1. The van der Waals surface area contributed by atoms with Crippen LogP contribution in [0.5, 0.6) is 0 Å². The van der Waals surface area contributed by atoms with E-state index in [1.54, 1.807) is 0 Å². The molecule has 0 radical (unpaired) electrons. The van der Waals surface area contributed by atoms with Crippen molar-refractivity contribution in [1.29, 1.82) is 0 Å². The first-order chi connectivity index (χ1) is 8.33. The van der Waals surface area contributed by atoms with Crippen LogP contribution in [0.4, 0.5) is 5.13 Å². The summed E-state index contributed by atoms with van der Waals surface area (Å²) in [4.78, 5) is 4.37. The molecular weight excluding hydrogens is 230 g/mol. The number of anilines is 1. The van der Waals surface area contributed by atoms with Gasteiger partial charge in [-0.15, -0.1) is 0 Å². The Morgan fingerprint density at radius 1 is 1.35 bits per heavy atom. The van der Waals surface area contributed by atoms with E-state index in [4.69, 9.17) is 0 Å². The predicted molar refractivity (Wildman–Crippen MR) is 70.4 cm³/mol. The molecule has 0 amide bonds. The average Bonchev–Trinajstić information content (AvgIpc) is 2.75. The topological polar surface area (TPSA) is 37.8 Å². The highest BCUT2D eigenvalue weighted by Gasteiger charge is 2.20. The zero-order valence-corrected chi connectivity index (χ0v) is 10.6. The molecule has 88 valence electrons. The smallest absolute Gasteiger partial charge is 0.203 e. The van der Waals surface area contributed by atoms with Crippen LogP contribution in [0.2, 0.25) is 0 Å². The van der Waals surface area contributed by atoms with Gasteiger partial charge in [0.1, 0.15) is 5.82 Å². The minimum atomic E-state index is 0.396. The van der Waals surface area contributed by atoms with Crippen molar-refractivity contribution in [1.82, 2.24) is 9.36 Å². The van der Waals surface area contributed by atoms with Gasteiger partial charge in [-0.2, -0.15) is 4.37 Å². The van der Waals surface area contributed by atoms with Crippen LogP contribution in [0, 0.1) is 6.92 Å². The van der Waals surface area contributed by atoms with Crippen molar-refractivity contribution in [3.63, 3.8) is 0 Å². The first-order valence-electron chi connectivity index (χ1n) is 5.97. The molecule has 1 aromatic heterocycles. The van der Waals surface area contributed by atoms with E-state index in [1.807, 2.05) is 6.92 Å². The summed E-state index contributed by atoms with van der Waals surface area (Å²) < 4.78 is 4.21. The Bertz CT molecular complexity index is 521. The Hall–Kier alpha value is -1.42. The fourth-order valence-corrected chi connectivity index (χ4v) is 3.04. The molecule has 0 bridgehead atoms. The monoisotopic (exact) mass is 245 g/mol. The van der Waals surface area contributed by atoms with Gasteiger partial charge < -0.3 is 5.32 Å². The van der Waals surface area contributed by atoms with E-state index in [1.165, 1.54) is 41.9 Å². The lowest BCUT2D eigenvalue weighted by Crippen LogP contribution is -2.17. The molecule has 1 aliphatic carbocycles. The van der Waals surface area contributed by atoms with E-state index in [-0.39, 0.29) is 0 Å². The van der Waals surface area contributed by atoms with Crippen molar-refractivity contribution in [3.05, 3.63) is 41.2 Å². The summed E-state index contributed by atoms with van der Waals surface area (Å²) in [6, 6.07) is 9.09. The van der Waals surface area contributed by atoms with Crippen LogP contribution in [0.15, 0.2) is 24.3 Å². The van der Waals surface area contributed by atoms with Crippen molar-refractivity contribution in [2.24, 2.45) is 0 Å². The fourth-order valence-electron chi connectivity index (χ4n) is 2.41. The van der Waals surface area contributed by atoms with Gasteiger partial charge in [0, 0.05) is 11.5 Å². The third kappa shape index (κ3) is 2.17. The molecule has 3 nitrogen and oxygen atoms in total. The van der Waals surface area contributed by atoms with Crippen LogP contribution in [0.3, 0.4) is 0 Å². The maximum Gasteiger partial charge on any atom is 0.203 e. The molecule has 2 aromatic rings. The summed E-state index contributed by atoms with van der Waals surface area (Å²) in [5.74, 6) is 0.849. The molecule has 1 aromatic carbocycles. The summed E-state index contributed by atoms with van der Waals surface area (Å²) in [6.45, 7) is 1.93. The number of benzene rings is 1. The fraction of sp³-hybridized carbons (Fsp3) is 0.385. The first-order valence-corrected chi connectivity index (χ1v) is 6.75. The quantitative estimate of drug-likeness (QED) is 0.881. The van der Waals surface area contributed by atoms with Crippen molar-refractivity contribution >= 4 is 16.7 Å². The molecule has 1 atom stereocenters. The second-order valence-electron chi connectivity index (χ2n) is 4.43. The Morgan fingerprint density at radius 2 is 2.24 bits per heavy atom. The van der Waals surface area contributed by atoms with Crippen molar-refractivity contribution in [2.45, 2.75) is 32.2 Å². The zero-order valence-electron chi connectivity index (χ0n) is 9.81. The maximum atomic E-state index is 4.37. The summed E-state index contributed by atoms with van der Waals surface area (Å²) in [5, 5.41) is 4.44. The lowest BCUT2D eigenvalue weighted by Gasteiger charge is -2.25. The second-order valence-corrected chi connectivity index (χ2v) is 5.19. The highest BCUT2D eigenvalue weighted by molar-refractivity contribution is 7.09. The van der Waals surface area contributed by atoms with Gasteiger partial charge in [0.15, 0.2) is 0 Å². The van der Waals surface area contributed by atoms with Crippen LogP contribution >= 0.6 is 11.5 Å². The molecule has 0 aliphatic heterocycles. The molecule has 1 N–H and O–H groups in total. The van der Waals surface area contributed by atoms with E-state index < -0.39 is 0 Å². The number of hydrogen-bond donors (Lipinski definition) is 1. The van der Waals surface area contributed by atoms with E-state index >= 15 is 0 Å². The van der Waals surface area contributed by atoms with Crippen LogP contribution in [-0.2, 0) is 6.42 Å². The Labute approximate surface area is 105 Å². The van der Waals surface area contributed by atoms with E-state index in [9.17, 15) is 0 Å². The zero-order chi connectivity index (χ0) is 11.7. The molecule has 0 fully saturated rings. The average molecular weight is 245 g/mol. The van der Waals surface area contributed by atoms with Gasteiger partial charge in [-0.05, 0) is 37.3 Å². The minimum Gasteiger partial charge on any atom is -0.353 e. The van der Waals surface area contributed by atoms with Gasteiger partial charge in [0.05, 0.1) is 6.04 Å². The van der Waals surface area contributed by atoms with Gasteiger partial charge in [0.2, 0.25) is 5.13 Å². The largest absolute Gasteiger partial charge is 0.353 e. The van der Waals surface area contributed by atoms with Crippen molar-refractivity contribution in [2.75, 3.05) is 5.32 Å². The lowest BCUT2D eigenvalue weighted by atomic mass is 9.88. The molecule has 1 heterocycles. The third-order valence-corrected chi connectivity index (χ3v) is 3.93. The van der Waals surface area contributed by atoms with E-state index in [2.05, 4.69) is 38.9 Å². The van der Waals surface area contributed by atoms with E-state index in [0.29, 0.717) is 6.04 Å². The summed E-state index contributed by atoms with van der Waals surface area (Å²) >= 11 is 1.45. The Balaban J connectivity index is 1.85. The molecule has 0 spiro atoms. The first kappa shape index (κ1) is 10.7. The molecule has 0 saturated carbocycles. The number of aromatic nitrogens is 2. The SMILES string of the molecule is Cc1nsc(NC2CCCc3ccccc32)n1. The standard InChI is InChI=1S/C13H15N3S/c1-9-14-13(17-16-9)15-12-8-4-6-10-5-2-3-7-11(10)12/h2-3,5,7,12H,4,6,8H2,1H3,(H,14,15,16). The molecule has 0 saturated heterocycles. The predicted octanol–water partition coefficient (Wildman–Crippen LogP) is 3.34. The maximum absolute atomic E-state index is 4.37. The molecule has 4 heteroatoms. The van der Waals surface area contributed by atoms with Gasteiger partial charge in [-0.3, -0.25) is 0 Å². The summed E-state index contributed by atoms with van der Waals surface area (Å²) in [5.41, 5.74) is 2.89. The van der Waals surface area contributed by atoms with Gasteiger partial charge in [-0.25, -0.2) is 4.98 Å². The van der Waals surface area contributed by atoms with Gasteiger partial charge in [0.25, 0.3) is 0 Å². The summed E-state index contributed by atoms with van der Waals surface area (Å²) in [7, 11) is 0. The molecule has 17 heavy (non-hydrogen) atoms. The molecule has 3 rings (SSSR count). The van der Waals surface area contributed by atoms with Crippen LogP contribution in [0.25, 0.3) is 0 Å². The molecular formula is C13H15N3S. The highest BCUT2D eigenvalue weighted by atomic mass is 32.1. The van der Waals surface area contributed by atoms with Crippen LogP contribution in [-0.4, -0.2) is 9.36 Å². The molecule has 1 unspecified atom stereocenters. The minimum absolute atomic E-state index is 0.396. The Morgan fingerprint density at radius 3 is 3.06 bits per heavy atom. The summed E-state index contributed by atoms with van der Waals surface area (Å²) in [6.07, 6.45) is 3.62. The van der Waals surface area contributed by atoms with Gasteiger partial charge in [-0.1, -0.05) is 24.3 Å². The number of aryl methyl sites for hydroxylation is 2. The number of nitrogens with zero attached hydrogens (tertiary/aromatic N) is 2. The number of hydrogen-bond acceptors (Lipinski definition) is 4. The normalized spacial score (nSPS) is 18.8.